The van der Waals surface area contributed by atoms with E-state index in [2.05, 4.69) is 42.5 Å². The van der Waals surface area contributed by atoms with Crippen molar-refractivity contribution < 1.29 is 57.8 Å². The summed E-state index contributed by atoms with van der Waals surface area (Å²) in [6.07, 6.45) is 0.983. The monoisotopic (exact) mass is 854 g/mol. The zero-order valence-corrected chi connectivity index (χ0v) is 34.6. The number of carbonyl (C=O) groups is 11. The number of unbranched alkanes of at least 4 members (excludes halogenated alkanes) is 1. The Morgan fingerprint density at radius 3 is 1.92 bits per heavy atom. The minimum atomic E-state index is -1.55. The molecule has 24 heteroatoms. The fourth-order valence-corrected chi connectivity index (χ4v) is 5.97. The first-order chi connectivity index (χ1) is 28.2. The number of amides is 10. The zero-order chi connectivity index (χ0) is 45.5. The lowest BCUT2D eigenvalue weighted by Crippen LogP contribution is -2.57. The van der Waals surface area contributed by atoms with Crippen LogP contribution >= 0.6 is 0 Å². The molecule has 1 rings (SSSR count). The van der Waals surface area contributed by atoms with Crippen LogP contribution in [-0.4, -0.2) is 151 Å². The molecule has 24 nitrogen and oxygen atoms in total. The van der Waals surface area contributed by atoms with Crippen LogP contribution in [0.15, 0.2) is 0 Å². The van der Waals surface area contributed by atoms with Crippen molar-refractivity contribution >= 4 is 65.0 Å². The molecule has 1 fully saturated rings. The topological polar surface area (TPSA) is 386 Å². The summed E-state index contributed by atoms with van der Waals surface area (Å²) in [7, 11) is 1.29. The van der Waals surface area contributed by atoms with Crippen LogP contribution in [0.5, 0.6) is 0 Å². The molecule has 0 aromatic heterocycles. The number of nitrogens with zero attached hydrogens (tertiary/aromatic N) is 1. The summed E-state index contributed by atoms with van der Waals surface area (Å²) in [5, 5.41) is 28.6. The number of primary amides is 1. The second-order valence-electron chi connectivity index (χ2n) is 14.6. The van der Waals surface area contributed by atoms with E-state index >= 15 is 0 Å². The summed E-state index contributed by atoms with van der Waals surface area (Å²) in [5.41, 5.74) is 15.9. The van der Waals surface area contributed by atoms with E-state index < -0.39 is 127 Å². The largest absolute Gasteiger partial charge is 0.480 e. The van der Waals surface area contributed by atoms with Crippen molar-refractivity contribution in [3.05, 3.63) is 0 Å². The molecule has 60 heavy (non-hydrogen) atoms. The number of carbonyl (C=O) groups excluding carboxylic acids is 10. The molecule has 0 radical (unpaired) electrons. The van der Waals surface area contributed by atoms with Crippen LogP contribution < -0.4 is 59.7 Å². The van der Waals surface area contributed by atoms with E-state index in [1.54, 1.807) is 13.8 Å². The first-order valence-electron chi connectivity index (χ1n) is 19.7. The third-order valence-electron chi connectivity index (χ3n) is 9.20. The van der Waals surface area contributed by atoms with Crippen LogP contribution in [0.1, 0.15) is 78.6 Å². The quantitative estimate of drug-likeness (QED) is 0.0343. The lowest BCUT2D eigenvalue weighted by molar-refractivity contribution is -0.144. The van der Waals surface area contributed by atoms with E-state index in [1.165, 1.54) is 18.9 Å². The molecule has 1 saturated heterocycles. The molecule has 338 valence electrons. The predicted octanol–water partition coefficient (Wildman–Crippen LogP) is -5.73. The van der Waals surface area contributed by atoms with Crippen molar-refractivity contribution in [3.63, 3.8) is 0 Å². The molecule has 0 bridgehead atoms. The van der Waals surface area contributed by atoms with E-state index in [0.29, 0.717) is 32.2 Å². The molecule has 0 saturated carbocycles. The Balaban J connectivity index is 2.87. The van der Waals surface area contributed by atoms with E-state index in [9.17, 15) is 57.8 Å². The van der Waals surface area contributed by atoms with Gasteiger partial charge in [-0.3, -0.25) is 47.9 Å². The molecule has 0 aromatic carbocycles. The van der Waals surface area contributed by atoms with Gasteiger partial charge in [0.25, 0.3) is 0 Å². The molecular weight excluding hydrogens is 792 g/mol. The molecule has 0 unspecified atom stereocenters. The minimum Gasteiger partial charge on any atom is -0.480 e. The van der Waals surface area contributed by atoms with E-state index in [4.69, 9.17) is 17.2 Å². The van der Waals surface area contributed by atoms with Crippen molar-refractivity contribution in [3.8, 4) is 0 Å². The molecule has 0 aromatic rings. The van der Waals surface area contributed by atoms with Gasteiger partial charge in [-0.05, 0) is 64.3 Å². The fraction of sp³-hybridized carbons (Fsp3) is 0.694. The third kappa shape index (κ3) is 19.2. The van der Waals surface area contributed by atoms with Gasteiger partial charge < -0.3 is 69.7 Å². The predicted molar refractivity (Wildman–Crippen MR) is 212 cm³/mol. The van der Waals surface area contributed by atoms with Gasteiger partial charge in [0.2, 0.25) is 59.1 Å². The standard InChI is InChI=1S/C36H62N12O12/c1-19(2)14-23(45-29(52)17-41-32(55)24(15-27(50)40-4)47-33(56)21(10-11-26(39)49)44-28(51)16-38)34(57)43-20(3)31(54)42-18-30(53)48-13-7-9-25(48)35(58)46-22(36(59)60)8-5-6-12-37/h19-25H,5-18,37-38H2,1-4H3,(H2,39,49)(H,40,50)(H,41,55)(H,42,54)(H,43,57)(H,44,51)(H,45,52)(H,46,58)(H,47,56)(H,59,60)/t20-,21-,22-,23-,24-,25-/m0/s1. The summed E-state index contributed by atoms with van der Waals surface area (Å²) in [6, 6.07) is -7.37. The smallest absolute Gasteiger partial charge is 0.326 e. The number of nitrogens with one attached hydrogen (secondary N) is 8. The summed E-state index contributed by atoms with van der Waals surface area (Å²) in [4.78, 5) is 140. The molecular formula is C36H62N12O12. The number of carboxylic acids is 1. The van der Waals surface area contributed by atoms with Gasteiger partial charge in [0.1, 0.15) is 36.3 Å². The van der Waals surface area contributed by atoms with E-state index in [0.717, 1.165) is 0 Å². The molecule has 6 atom stereocenters. The number of aliphatic carboxylic acids is 1. The van der Waals surface area contributed by atoms with E-state index in [1.807, 2.05) is 0 Å². The van der Waals surface area contributed by atoms with Gasteiger partial charge >= 0.3 is 5.97 Å². The summed E-state index contributed by atoms with van der Waals surface area (Å²) in [5.74, 6) is -9.04. The van der Waals surface area contributed by atoms with Crippen molar-refractivity contribution in [1.29, 1.82) is 0 Å². The summed E-state index contributed by atoms with van der Waals surface area (Å²) >= 11 is 0. The highest BCUT2D eigenvalue weighted by atomic mass is 16.4. The van der Waals surface area contributed by atoms with E-state index in [-0.39, 0.29) is 38.1 Å². The van der Waals surface area contributed by atoms with Crippen molar-refractivity contribution in [1.82, 2.24) is 47.4 Å². The molecule has 0 spiro atoms. The highest BCUT2D eigenvalue weighted by Crippen LogP contribution is 2.18. The summed E-state index contributed by atoms with van der Waals surface area (Å²) < 4.78 is 0. The summed E-state index contributed by atoms with van der Waals surface area (Å²) in [6.45, 7) is 3.73. The lowest BCUT2D eigenvalue weighted by Gasteiger charge is -2.26. The molecule has 1 aliphatic rings. The van der Waals surface area contributed by atoms with Crippen LogP contribution in [0.2, 0.25) is 0 Å². The maximum absolute atomic E-state index is 13.3. The second kappa shape index (κ2) is 27.0. The Morgan fingerprint density at radius 2 is 1.33 bits per heavy atom. The third-order valence-corrected chi connectivity index (χ3v) is 9.20. The number of hydrogen-bond acceptors (Lipinski definition) is 13. The Labute approximate surface area is 347 Å². The van der Waals surface area contributed by atoms with Crippen molar-refractivity contribution in [2.45, 2.75) is 115 Å². The molecule has 0 aliphatic carbocycles. The van der Waals surface area contributed by atoms with Crippen LogP contribution in [0.3, 0.4) is 0 Å². The van der Waals surface area contributed by atoms with Crippen LogP contribution in [0.4, 0.5) is 0 Å². The van der Waals surface area contributed by atoms with Gasteiger partial charge in [0.15, 0.2) is 0 Å². The number of hydrogen-bond donors (Lipinski definition) is 12. The lowest BCUT2D eigenvalue weighted by atomic mass is 10.0. The second-order valence-corrected chi connectivity index (χ2v) is 14.6. The first kappa shape index (κ1) is 52.1. The molecule has 1 heterocycles. The van der Waals surface area contributed by atoms with Gasteiger partial charge in [-0.2, -0.15) is 0 Å². The highest BCUT2D eigenvalue weighted by Gasteiger charge is 2.36. The first-order valence-corrected chi connectivity index (χ1v) is 19.7. The van der Waals surface area contributed by atoms with Gasteiger partial charge in [0.05, 0.1) is 26.1 Å². The van der Waals surface area contributed by atoms with Crippen LogP contribution in [0.25, 0.3) is 0 Å². The number of likely N-dealkylation sites (tertiary alicyclic amines) is 1. The van der Waals surface area contributed by atoms with Gasteiger partial charge in [-0.15, -0.1) is 0 Å². The van der Waals surface area contributed by atoms with Crippen LogP contribution in [-0.2, 0) is 52.7 Å². The number of rotatable bonds is 27. The fourth-order valence-electron chi connectivity index (χ4n) is 5.97. The maximum atomic E-state index is 13.3. The molecule has 10 amide bonds. The maximum Gasteiger partial charge on any atom is 0.326 e. The number of nitrogens with two attached hydrogens (primary N) is 3. The Morgan fingerprint density at radius 1 is 0.700 bits per heavy atom. The Hall–Kier alpha value is -5.91. The SMILES string of the molecule is CNC(=O)C[C@H](NC(=O)[C@H](CCC(N)=O)NC(=O)CN)C(=O)NCC(=O)N[C@@H](CC(C)C)C(=O)N[C@@H](C)C(=O)NCC(=O)N1CCC[C@H]1C(=O)N[C@@H](CCCCN)C(=O)O. The Bertz CT molecular complexity index is 1560. The minimum absolute atomic E-state index is 0.100. The normalized spacial score (nSPS) is 15.8. The average Bonchev–Trinajstić information content (AvgIpc) is 3.69. The molecule has 15 N–H and O–H groups in total. The average molecular weight is 855 g/mol. The van der Waals surface area contributed by atoms with Gasteiger partial charge in [0, 0.05) is 20.0 Å². The van der Waals surface area contributed by atoms with Gasteiger partial charge in [-0.25, -0.2) is 4.79 Å². The van der Waals surface area contributed by atoms with Gasteiger partial charge in [-0.1, -0.05) is 13.8 Å². The Kier molecular flexibility index (Phi) is 23.4. The zero-order valence-electron chi connectivity index (χ0n) is 34.6. The van der Waals surface area contributed by atoms with Crippen molar-refractivity contribution in [2.24, 2.45) is 23.1 Å². The number of carboxylic acid groups (broad SMARTS) is 1. The van der Waals surface area contributed by atoms with Crippen LogP contribution in [0, 0.1) is 5.92 Å². The highest BCUT2D eigenvalue weighted by molar-refractivity contribution is 5.98. The van der Waals surface area contributed by atoms with Crippen molar-refractivity contribution in [2.75, 3.05) is 39.8 Å². The molecule has 1 aliphatic heterocycles.